The number of para-hydroxylation sites is 1. The molecular weight excluding hydrogens is 316 g/mol. The monoisotopic (exact) mass is 340 g/mol. The van der Waals surface area contributed by atoms with E-state index in [-0.39, 0.29) is 18.4 Å². The quantitative estimate of drug-likeness (QED) is 0.839. The van der Waals surface area contributed by atoms with Crippen molar-refractivity contribution < 1.29 is 14.3 Å². The Bertz CT molecular complexity index is 743. The second-order valence-electron chi connectivity index (χ2n) is 5.82. The van der Waals surface area contributed by atoms with Crippen molar-refractivity contribution >= 4 is 17.5 Å². The van der Waals surface area contributed by atoms with E-state index >= 15 is 0 Å². The second kappa shape index (κ2) is 8.87. The third-order valence-electron chi connectivity index (χ3n) is 3.85. The topological polar surface area (TPSA) is 58.6 Å². The number of anilines is 1. The van der Waals surface area contributed by atoms with Crippen LogP contribution in [0.5, 0.6) is 5.75 Å². The van der Waals surface area contributed by atoms with Gasteiger partial charge in [-0.3, -0.25) is 9.59 Å². The Morgan fingerprint density at radius 3 is 2.56 bits per heavy atom. The number of aryl methyl sites for hydroxylation is 1. The number of ether oxygens (including phenoxy) is 1. The van der Waals surface area contributed by atoms with Crippen LogP contribution in [0.2, 0.25) is 0 Å². The fourth-order valence-corrected chi connectivity index (χ4v) is 2.54. The second-order valence-corrected chi connectivity index (χ2v) is 5.82. The van der Waals surface area contributed by atoms with Crippen LogP contribution < -0.4 is 10.1 Å². The zero-order valence-electron chi connectivity index (χ0n) is 14.9. The lowest BCUT2D eigenvalue weighted by Gasteiger charge is -2.22. The molecule has 0 spiro atoms. The maximum Gasteiger partial charge on any atom is 0.254 e. The molecule has 0 atom stereocenters. The van der Waals surface area contributed by atoms with Crippen LogP contribution in [0.4, 0.5) is 5.69 Å². The molecule has 0 saturated heterocycles. The summed E-state index contributed by atoms with van der Waals surface area (Å²) in [6, 6.07) is 14.5. The van der Waals surface area contributed by atoms with Crippen LogP contribution in [0.15, 0.2) is 48.5 Å². The largest absolute Gasteiger partial charge is 0.497 e. The van der Waals surface area contributed by atoms with E-state index in [1.165, 1.54) is 0 Å². The van der Waals surface area contributed by atoms with Gasteiger partial charge in [0.05, 0.1) is 7.11 Å². The van der Waals surface area contributed by atoms with Gasteiger partial charge in [0, 0.05) is 17.8 Å². The summed E-state index contributed by atoms with van der Waals surface area (Å²) in [6.45, 7) is 4.43. The lowest BCUT2D eigenvalue weighted by Crippen LogP contribution is -2.38. The molecule has 5 nitrogen and oxygen atoms in total. The normalized spacial score (nSPS) is 10.2. The number of rotatable bonds is 7. The zero-order chi connectivity index (χ0) is 18.2. The van der Waals surface area contributed by atoms with Gasteiger partial charge in [-0.2, -0.15) is 0 Å². The zero-order valence-corrected chi connectivity index (χ0v) is 14.9. The summed E-state index contributed by atoms with van der Waals surface area (Å²) >= 11 is 0. The molecule has 132 valence electrons. The Balaban J connectivity index is 2.10. The number of nitrogens with zero attached hydrogens (tertiary/aromatic N) is 1. The van der Waals surface area contributed by atoms with Gasteiger partial charge in [-0.1, -0.05) is 31.2 Å². The number of benzene rings is 2. The van der Waals surface area contributed by atoms with Gasteiger partial charge < -0.3 is 15.0 Å². The van der Waals surface area contributed by atoms with Crippen molar-refractivity contribution in [2.75, 3.05) is 25.5 Å². The number of methoxy groups -OCH3 is 1. The lowest BCUT2D eigenvalue weighted by molar-refractivity contribution is -0.116. The average Bonchev–Trinajstić information content (AvgIpc) is 2.62. The molecule has 0 aliphatic rings. The van der Waals surface area contributed by atoms with Crippen LogP contribution in [0.25, 0.3) is 0 Å². The molecule has 0 aliphatic carbocycles. The smallest absolute Gasteiger partial charge is 0.254 e. The minimum Gasteiger partial charge on any atom is -0.497 e. The standard InChI is InChI=1S/C20H24N2O3/c1-4-12-22(20(24)16-9-7-10-17(13-16)25-3)14-19(23)21-18-11-6-5-8-15(18)2/h5-11,13H,4,12,14H2,1-3H3,(H,21,23). The van der Waals surface area contributed by atoms with Crippen LogP contribution in [-0.4, -0.2) is 36.9 Å². The van der Waals surface area contributed by atoms with Crippen molar-refractivity contribution in [2.45, 2.75) is 20.3 Å². The minimum absolute atomic E-state index is 0.0121. The van der Waals surface area contributed by atoms with Crippen LogP contribution in [0.3, 0.4) is 0 Å². The molecule has 0 unspecified atom stereocenters. The lowest BCUT2D eigenvalue weighted by atomic mass is 10.1. The van der Waals surface area contributed by atoms with Crippen molar-refractivity contribution in [1.29, 1.82) is 0 Å². The van der Waals surface area contributed by atoms with Crippen LogP contribution >= 0.6 is 0 Å². The van der Waals surface area contributed by atoms with Gasteiger partial charge >= 0.3 is 0 Å². The molecule has 0 bridgehead atoms. The highest BCUT2D eigenvalue weighted by molar-refractivity contribution is 5.99. The summed E-state index contributed by atoms with van der Waals surface area (Å²) in [5, 5.41) is 2.87. The molecule has 5 heteroatoms. The van der Waals surface area contributed by atoms with Gasteiger partial charge in [-0.25, -0.2) is 0 Å². The van der Waals surface area contributed by atoms with Crippen LogP contribution in [0, 0.1) is 6.92 Å². The molecule has 0 radical (unpaired) electrons. The van der Waals surface area contributed by atoms with Crippen molar-refractivity contribution in [2.24, 2.45) is 0 Å². The third kappa shape index (κ3) is 5.08. The van der Waals surface area contributed by atoms with E-state index in [0.29, 0.717) is 17.9 Å². The molecule has 0 heterocycles. The first kappa shape index (κ1) is 18.5. The highest BCUT2D eigenvalue weighted by Gasteiger charge is 2.19. The van der Waals surface area contributed by atoms with Crippen molar-refractivity contribution in [1.82, 2.24) is 4.90 Å². The fraction of sp³-hybridized carbons (Fsp3) is 0.300. The Morgan fingerprint density at radius 2 is 1.88 bits per heavy atom. The van der Waals surface area contributed by atoms with Gasteiger partial charge in [0.2, 0.25) is 5.91 Å². The SMILES string of the molecule is CCCN(CC(=O)Nc1ccccc1C)C(=O)c1cccc(OC)c1. The Labute approximate surface area is 148 Å². The van der Waals surface area contributed by atoms with E-state index in [9.17, 15) is 9.59 Å². The molecular formula is C20H24N2O3. The first-order valence-electron chi connectivity index (χ1n) is 8.34. The Hall–Kier alpha value is -2.82. The number of hydrogen-bond donors (Lipinski definition) is 1. The van der Waals surface area contributed by atoms with Crippen molar-refractivity contribution in [3.8, 4) is 5.75 Å². The summed E-state index contributed by atoms with van der Waals surface area (Å²) in [6.07, 6.45) is 0.771. The maximum absolute atomic E-state index is 12.7. The van der Waals surface area contributed by atoms with E-state index in [2.05, 4.69) is 5.32 Å². The molecule has 0 fully saturated rings. The number of carbonyl (C=O) groups is 2. The molecule has 2 aromatic carbocycles. The number of hydrogen-bond acceptors (Lipinski definition) is 3. The van der Waals surface area contributed by atoms with Crippen molar-refractivity contribution in [3.05, 3.63) is 59.7 Å². The molecule has 0 aliphatic heterocycles. The molecule has 0 saturated carbocycles. The highest BCUT2D eigenvalue weighted by atomic mass is 16.5. The van der Waals surface area contributed by atoms with E-state index in [1.807, 2.05) is 38.1 Å². The fourth-order valence-electron chi connectivity index (χ4n) is 2.54. The molecule has 1 N–H and O–H groups in total. The van der Waals surface area contributed by atoms with Gasteiger partial charge in [0.15, 0.2) is 0 Å². The number of carbonyl (C=O) groups excluding carboxylic acids is 2. The predicted molar refractivity (Wildman–Crippen MR) is 99.0 cm³/mol. The van der Waals surface area contributed by atoms with E-state index in [4.69, 9.17) is 4.74 Å². The molecule has 2 aromatic rings. The minimum atomic E-state index is -0.209. The molecule has 0 aromatic heterocycles. The van der Waals surface area contributed by atoms with E-state index < -0.39 is 0 Å². The number of nitrogens with one attached hydrogen (secondary N) is 1. The molecule has 25 heavy (non-hydrogen) atoms. The summed E-state index contributed by atoms with van der Waals surface area (Å²) in [5.74, 6) is 0.228. The van der Waals surface area contributed by atoms with Crippen molar-refractivity contribution in [3.63, 3.8) is 0 Å². The maximum atomic E-state index is 12.7. The van der Waals surface area contributed by atoms with E-state index in [1.54, 1.807) is 36.3 Å². The van der Waals surface area contributed by atoms with Gasteiger partial charge in [0.25, 0.3) is 5.91 Å². The summed E-state index contributed by atoms with van der Waals surface area (Å²) in [7, 11) is 1.56. The van der Waals surface area contributed by atoms with Crippen LogP contribution in [0.1, 0.15) is 29.3 Å². The Morgan fingerprint density at radius 1 is 1.12 bits per heavy atom. The average molecular weight is 340 g/mol. The first-order chi connectivity index (χ1) is 12.0. The van der Waals surface area contributed by atoms with E-state index in [0.717, 1.165) is 17.7 Å². The highest BCUT2D eigenvalue weighted by Crippen LogP contribution is 2.16. The summed E-state index contributed by atoms with van der Waals surface area (Å²) in [4.78, 5) is 26.7. The molecule has 2 rings (SSSR count). The molecule has 2 amide bonds. The number of amides is 2. The van der Waals surface area contributed by atoms with Gasteiger partial charge in [0.1, 0.15) is 12.3 Å². The first-order valence-corrected chi connectivity index (χ1v) is 8.34. The van der Waals surface area contributed by atoms with Crippen LogP contribution in [-0.2, 0) is 4.79 Å². The summed E-state index contributed by atoms with van der Waals surface area (Å²) in [5.41, 5.74) is 2.26. The summed E-state index contributed by atoms with van der Waals surface area (Å²) < 4.78 is 5.17. The third-order valence-corrected chi connectivity index (χ3v) is 3.85. The predicted octanol–water partition coefficient (Wildman–Crippen LogP) is 3.49. The van der Waals surface area contributed by atoms with Gasteiger partial charge in [-0.05, 0) is 43.2 Å². The Kier molecular flexibility index (Phi) is 6.57. The van der Waals surface area contributed by atoms with Gasteiger partial charge in [-0.15, -0.1) is 0 Å².